The zero-order valence-corrected chi connectivity index (χ0v) is 24.3. The lowest BCUT2D eigenvalue weighted by Gasteiger charge is -2.31. The number of ketones is 1. The van der Waals surface area contributed by atoms with Crippen molar-refractivity contribution in [1.82, 2.24) is 9.62 Å². The standard InChI is InChI=1S/C29H42N2O7S/c1-6-21(2)19-31(39(35,36)26-16-14-25(37-5)15-17-26)20-28(33)27(18-24-10-8-7-9-11-24)30-29(34)38-23(4)13-12-22(3)32/h7-11,14-17,21,23,27-28,33H,6,12-13,18-20H2,1-5H3,(H,30,34)/t21-,23+,27-,28+/m0/s1. The average molecular weight is 563 g/mol. The molecule has 0 heterocycles. The van der Waals surface area contributed by atoms with Crippen molar-refractivity contribution in [1.29, 1.82) is 0 Å². The van der Waals surface area contributed by atoms with Crippen LogP contribution in [0.15, 0.2) is 59.5 Å². The van der Waals surface area contributed by atoms with Gasteiger partial charge >= 0.3 is 6.09 Å². The van der Waals surface area contributed by atoms with Crippen LogP contribution in [0.2, 0.25) is 0 Å². The fraction of sp³-hybridized carbons (Fsp3) is 0.517. The van der Waals surface area contributed by atoms with Gasteiger partial charge in [-0.05, 0) is 62.4 Å². The van der Waals surface area contributed by atoms with Gasteiger partial charge in [0.05, 0.1) is 24.2 Å². The number of carbonyl (C=O) groups excluding carboxylic acids is 2. The van der Waals surface area contributed by atoms with E-state index in [0.717, 1.165) is 12.0 Å². The molecule has 10 heteroatoms. The molecule has 2 aromatic carbocycles. The number of nitrogens with zero attached hydrogens (tertiary/aromatic N) is 1. The number of amides is 1. The van der Waals surface area contributed by atoms with E-state index in [1.54, 1.807) is 19.1 Å². The van der Waals surface area contributed by atoms with E-state index in [9.17, 15) is 23.1 Å². The summed E-state index contributed by atoms with van der Waals surface area (Å²) in [6, 6.07) is 14.6. The first kappa shape index (κ1) is 32.3. The van der Waals surface area contributed by atoms with Gasteiger partial charge in [0.1, 0.15) is 17.6 Å². The number of Topliss-reactive ketones (excluding diaryl/α,β-unsaturated/α-hetero) is 1. The van der Waals surface area contributed by atoms with Crippen molar-refractivity contribution in [2.24, 2.45) is 5.92 Å². The van der Waals surface area contributed by atoms with Crippen molar-refractivity contribution in [3.8, 4) is 5.75 Å². The molecule has 2 rings (SSSR count). The van der Waals surface area contributed by atoms with E-state index >= 15 is 0 Å². The quantitative estimate of drug-likeness (QED) is 0.315. The molecule has 0 aliphatic rings. The van der Waals surface area contributed by atoms with Crippen LogP contribution in [0.4, 0.5) is 4.79 Å². The molecule has 0 radical (unpaired) electrons. The molecule has 0 aliphatic heterocycles. The van der Waals surface area contributed by atoms with Crippen LogP contribution in [-0.4, -0.2) is 68.2 Å². The average Bonchev–Trinajstić information content (AvgIpc) is 2.91. The third-order valence-electron chi connectivity index (χ3n) is 6.58. The molecule has 0 saturated carbocycles. The minimum atomic E-state index is -3.95. The Labute approximate surface area is 232 Å². The number of methoxy groups -OCH3 is 1. The van der Waals surface area contributed by atoms with Crippen molar-refractivity contribution in [3.63, 3.8) is 0 Å². The first-order chi connectivity index (χ1) is 18.5. The molecule has 216 valence electrons. The van der Waals surface area contributed by atoms with Crippen LogP contribution in [-0.2, 0) is 26.0 Å². The second kappa shape index (κ2) is 15.6. The Bertz CT molecular complexity index is 1140. The van der Waals surface area contributed by atoms with Crippen LogP contribution in [0.5, 0.6) is 5.75 Å². The predicted molar refractivity (Wildman–Crippen MR) is 150 cm³/mol. The summed E-state index contributed by atoms with van der Waals surface area (Å²) < 4.78 is 39.1. The van der Waals surface area contributed by atoms with Crippen LogP contribution in [0.25, 0.3) is 0 Å². The first-order valence-electron chi connectivity index (χ1n) is 13.3. The molecular formula is C29H42N2O7S. The topological polar surface area (TPSA) is 122 Å². The number of sulfonamides is 1. The maximum atomic E-state index is 13.6. The normalized spacial score (nSPS) is 14.7. The number of rotatable bonds is 16. The molecule has 1 amide bonds. The van der Waals surface area contributed by atoms with Crippen molar-refractivity contribution in [2.75, 3.05) is 20.2 Å². The Kier molecular flexibility index (Phi) is 12.9. The van der Waals surface area contributed by atoms with Crippen LogP contribution in [0, 0.1) is 5.92 Å². The lowest BCUT2D eigenvalue weighted by molar-refractivity contribution is -0.117. The van der Waals surface area contributed by atoms with Crippen LogP contribution < -0.4 is 10.1 Å². The molecule has 2 N–H and O–H groups in total. The summed E-state index contributed by atoms with van der Waals surface area (Å²) in [7, 11) is -2.45. The van der Waals surface area contributed by atoms with E-state index in [4.69, 9.17) is 9.47 Å². The fourth-order valence-electron chi connectivity index (χ4n) is 3.97. The third kappa shape index (κ3) is 10.6. The number of ether oxygens (including phenoxy) is 2. The molecule has 2 aromatic rings. The molecule has 39 heavy (non-hydrogen) atoms. The van der Waals surface area contributed by atoms with E-state index in [1.165, 1.54) is 30.5 Å². The second-order valence-electron chi connectivity index (χ2n) is 9.98. The van der Waals surface area contributed by atoms with Gasteiger partial charge in [-0.3, -0.25) is 0 Å². The highest BCUT2D eigenvalue weighted by Gasteiger charge is 2.32. The lowest BCUT2D eigenvalue weighted by Crippen LogP contribution is -2.51. The summed E-state index contributed by atoms with van der Waals surface area (Å²) in [6.45, 7) is 7.07. The van der Waals surface area contributed by atoms with Gasteiger partial charge in [-0.15, -0.1) is 0 Å². The zero-order chi connectivity index (χ0) is 29.0. The second-order valence-corrected chi connectivity index (χ2v) is 11.9. The van der Waals surface area contributed by atoms with Crippen LogP contribution >= 0.6 is 0 Å². The number of nitrogens with one attached hydrogen (secondary N) is 1. The van der Waals surface area contributed by atoms with Gasteiger partial charge in [0, 0.05) is 19.5 Å². The molecular weight excluding hydrogens is 520 g/mol. The molecule has 9 nitrogen and oxygen atoms in total. The van der Waals surface area contributed by atoms with E-state index < -0.39 is 34.4 Å². The number of hydrogen-bond donors (Lipinski definition) is 2. The van der Waals surface area contributed by atoms with Crippen molar-refractivity contribution < 1.29 is 32.6 Å². The highest BCUT2D eigenvalue weighted by Crippen LogP contribution is 2.22. The number of aliphatic hydroxyl groups excluding tert-OH is 1. The molecule has 0 fully saturated rings. The summed E-state index contributed by atoms with van der Waals surface area (Å²) in [5.74, 6) is 0.575. The Morgan fingerprint density at radius 3 is 2.23 bits per heavy atom. The van der Waals surface area contributed by atoms with Gasteiger partial charge in [-0.25, -0.2) is 13.2 Å². The van der Waals surface area contributed by atoms with Crippen molar-refractivity contribution in [2.45, 2.75) is 76.5 Å². The number of carbonyl (C=O) groups is 2. The van der Waals surface area contributed by atoms with E-state index in [2.05, 4.69) is 5.32 Å². The Hall–Kier alpha value is -2.95. The van der Waals surface area contributed by atoms with E-state index in [1.807, 2.05) is 44.2 Å². The molecule has 0 unspecified atom stereocenters. The largest absolute Gasteiger partial charge is 0.497 e. The van der Waals surface area contributed by atoms with Gasteiger partial charge in [0.2, 0.25) is 10.0 Å². The maximum Gasteiger partial charge on any atom is 0.407 e. The number of alkyl carbamates (subject to hydrolysis) is 1. The third-order valence-corrected chi connectivity index (χ3v) is 8.42. The maximum absolute atomic E-state index is 13.6. The summed E-state index contributed by atoms with van der Waals surface area (Å²) in [5, 5.41) is 14.1. The van der Waals surface area contributed by atoms with E-state index in [0.29, 0.717) is 12.2 Å². The van der Waals surface area contributed by atoms with Crippen LogP contribution in [0.3, 0.4) is 0 Å². The lowest BCUT2D eigenvalue weighted by atomic mass is 10.0. The number of aliphatic hydroxyl groups is 1. The smallest absolute Gasteiger partial charge is 0.407 e. The van der Waals surface area contributed by atoms with Crippen molar-refractivity contribution in [3.05, 3.63) is 60.2 Å². The molecule has 0 aromatic heterocycles. The Balaban J connectivity index is 2.28. The van der Waals surface area contributed by atoms with E-state index in [-0.39, 0.29) is 42.5 Å². The van der Waals surface area contributed by atoms with Gasteiger partial charge < -0.3 is 24.7 Å². The Morgan fingerprint density at radius 1 is 1.03 bits per heavy atom. The number of hydrogen-bond acceptors (Lipinski definition) is 7. The summed E-state index contributed by atoms with van der Waals surface area (Å²) >= 11 is 0. The highest BCUT2D eigenvalue weighted by atomic mass is 32.2. The summed E-state index contributed by atoms with van der Waals surface area (Å²) in [5.41, 5.74) is 0.859. The first-order valence-corrected chi connectivity index (χ1v) is 14.7. The van der Waals surface area contributed by atoms with Gasteiger partial charge in [-0.1, -0.05) is 50.6 Å². The SMILES string of the molecule is CC[C@H](C)CN(C[C@@H](O)[C@H](Cc1ccccc1)NC(=O)O[C@H](C)CCC(C)=O)S(=O)(=O)c1ccc(OC)cc1. The Morgan fingerprint density at radius 2 is 1.67 bits per heavy atom. The van der Waals surface area contributed by atoms with Gasteiger partial charge in [0.15, 0.2) is 0 Å². The molecule has 0 saturated heterocycles. The van der Waals surface area contributed by atoms with Crippen LogP contribution in [0.1, 0.15) is 52.5 Å². The van der Waals surface area contributed by atoms with Gasteiger partial charge in [0.25, 0.3) is 0 Å². The molecule has 0 aliphatic carbocycles. The minimum absolute atomic E-state index is 0.00250. The minimum Gasteiger partial charge on any atom is -0.497 e. The fourth-order valence-corrected chi connectivity index (χ4v) is 5.54. The summed E-state index contributed by atoms with van der Waals surface area (Å²) in [6.07, 6.45) is -0.782. The highest BCUT2D eigenvalue weighted by molar-refractivity contribution is 7.89. The van der Waals surface area contributed by atoms with Crippen molar-refractivity contribution >= 4 is 21.9 Å². The molecule has 4 atom stereocenters. The zero-order valence-electron chi connectivity index (χ0n) is 23.5. The molecule has 0 bridgehead atoms. The predicted octanol–water partition coefficient (Wildman–Crippen LogP) is 4.19. The molecule has 0 spiro atoms. The monoisotopic (exact) mass is 562 g/mol. The number of benzene rings is 2. The van der Waals surface area contributed by atoms with Gasteiger partial charge in [-0.2, -0.15) is 4.31 Å². The summed E-state index contributed by atoms with van der Waals surface area (Å²) in [4.78, 5) is 24.1.